The van der Waals surface area contributed by atoms with Gasteiger partial charge in [-0.3, -0.25) is 14.6 Å². The van der Waals surface area contributed by atoms with Gasteiger partial charge in [0.2, 0.25) is 11.8 Å². The zero-order valence-electron chi connectivity index (χ0n) is 22.9. The number of anilines is 2. The first-order valence-electron chi connectivity index (χ1n) is 13.1. The summed E-state index contributed by atoms with van der Waals surface area (Å²) in [4.78, 5) is 44.3. The molecule has 2 aliphatic rings. The predicted molar refractivity (Wildman–Crippen MR) is 152 cm³/mol. The van der Waals surface area contributed by atoms with Gasteiger partial charge in [0.05, 0.1) is 40.8 Å². The number of benzene rings is 2. The van der Waals surface area contributed by atoms with Crippen LogP contribution < -0.4 is 20.7 Å². The van der Waals surface area contributed by atoms with Crippen LogP contribution in [0.3, 0.4) is 0 Å². The summed E-state index contributed by atoms with van der Waals surface area (Å²) in [7, 11) is 1.36. The summed E-state index contributed by atoms with van der Waals surface area (Å²) in [6, 6.07) is 10.3. The number of amides is 2. The van der Waals surface area contributed by atoms with Crippen LogP contribution in [0.2, 0.25) is 5.02 Å². The highest BCUT2D eigenvalue weighted by Gasteiger charge is 2.67. The van der Waals surface area contributed by atoms with Crippen molar-refractivity contribution in [2.75, 3.05) is 17.7 Å². The third kappa shape index (κ3) is 4.81. The van der Waals surface area contributed by atoms with Crippen molar-refractivity contribution in [3.05, 3.63) is 82.4 Å². The lowest BCUT2D eigenvalue weighted by Crippen LogP contribution is -2.50. The maximum Gasteiger partial charge on any atom is 0.335 e. The molecule has 2 amide bonds. The van der Waals surface area contributed by atoms with Crippen molar-refractivity contribution >= 4 is 40.8 Å². The lowest BCUT2D eigenvalue weighted by Gasteiger charge is -2.36. The molecule has 1 aromatic heterocycles. The van der Waals surface area contributed by atoms with E-state index in [1.54, 1.807) is 24.4 Å². The SMILES string of the molecule is COc1cc(C(=O)O)ccc1NC(=O)[C@@H]1N[C@@H](CC(C)(C)C)[C@@]2(C(=O)Nc3cccnc32)[C@H]1c1cccc(Cl)c1F. The summed E-state index contributed by atoms with van der Waals surface area (Å²) in [5.74, 6) is -3.75. The Balaban J connectivity index is 1.69. The zero-order chi connectivity index (χ0) is 29.7. The number of carbonyl (C=O) groups is 3. The van der Waals surface area contributed by atoms with E-state index in [9.17, 15) is 19.5 Å². The van der Waals surface area contributed by atoms with Crippen LogP contribution in [0, 0.1) is 11.2 Å². The first-order valence-corrected chi connectivity index (χ1v) is 13.5. The summed E-state index contributed by atoms with van der Waals surface area (Å²) < 4.78 is 21.2. The van der Waals surface area contributed by atoms with E-state index in [2.05, 4.69) is 20.9 Å². The fraction of sp³-hybridized carbons (Fsp3) is 0.333. The highest BCUT2D eigenvalue weighted by atomic mass is 35.5. The molecule has 0 aliphatic carbocycles. The van der Waals surface area contributed by atoms with Crippen LogP contribution in [0.25, 0.3) is 0 Å². The highest BCUT2D eigenvalue weighted by molar-refractivity contribution is 6.30. The second-order valence-electron chi connectivity index (χ2n) is 11.5. The molecule has 3 heterocycles. The number of hydrogen-bond acceptors (Lipinski definition) is 6. The van der Waals surface area contributed by atoms with Gasteiger partial charge in [0.25, 0.3) is 0 Å². The van der Waals surface area contributed by atoms with Crippen LogP contribution in [0.4, 0.5) is 15.8 Å². The molecule has 0 unspecified atom stereocenters. The van der Waals surface area contributed by atoms with Crippen LogP contribution in [0.1, 0.15) is 54.7 Å². The number of fused-ring (bicyclic) bond motifs is 2. The fourth-order valence-electron chi connectivity index (χ4n) is 6.09. The predicted octanol–water partition coefficient (Wildman–Crippen LogP) is 4.97. The van der Waals surface area contributed by atoms with Crippen molar-refractivity contribution in [1.82, 2.24) is 10.3 Å². The molecule has 5 rings (SSSR count). The van der Waals surface area contributed by atoms with Gasteiger partial charge in [0.1, 0.15) is 17.0 Å². The average Bonchev–Trinajstić information content (AvgIpc) is 3.40. The third-order valence-corrected chi connectivity index (χ3v) is 7.99. The Bertz CT molecular complexity index is 1560. The van der Waals surface area contributed by atoms with Crippen LogP contribution in [-0.4, -0.2) is 47.1 Å². The number of halogens is 2. The molecule has 9 nitrogen and oxygen atoms in total. The maximum absolute atomic E-state index is 15.8. The Hall–Kier alpha value is -4.02. The summed E-state index contributed by atoms with van der Waals surface area (Å²) >= 11 is 6.23. The van der Waals surface area contributed by atoms with E-state index in [-0.39, 0.29) is 33.0 Å². The lowest BCUT2D eigenvalue weighted by atomic mass is 9.64. The van der Waals surface area contributed by atoms with E-state index in [1.165, 1.54) is 37.4 Å². The van der Waals surface area contributed by atoms with Gasteiger partial charge < -0.3 is 25.8 Å². The molecule has 4 atom stereocenters. The zero-order valence-corrected chi connectivity index (χ0v) is 23.7. The van der Waals surface area contributed by atoms with Crippen LogP contribution in [0.15, 0.2) is 54.7 Å². The summed E-state index contributed by atoms with van der Waals surface area (Å²) in [6.07, 6.45) is 2.03. The Morgan fingerprint density at radius 2 is 1.95 bits per heavy atom. The lowest BCUT2D eigenvalue weighted by molar-refractivity contribution is -0.122. The molecule has 0 saturated carbocycles. The van der Waals surface area contributed by atoms with E-state index in [4.69, 9.17) is 16.3 Å². The molecule has 1 fully saturated rings. The Kier molecular flexibility index (Phi) is 7.25. The second kappa shape index (κ2) is 10.4. The Labute approximate surface area is 241 Å². The minimum absolute atomic E-state index is 0.0211. The number of aromatic nitrogens is 1. The molecule has 11 heteroatoms. The van der Waals surface area contributed by atoms with E-state index in [0.717, 1.165) is 0 Å². The largest absolute Gasteiger partial charge is 0.495 e. The number of pyridine rings is 1. The smallest absolute Gasteiger partial charge is 0.335 e. The second-order valence-corrected chi connectivity index (χ2v) is 11.9. The number of hydrogen-bond donors (Lipinski definition) is 4. The summed E-state index contributed by atoms with van der Waals surface area (Å²) in [6.45, 7) is 6.06. The topological polar surface area (TPSA) is 130 Å². The van der Waals surface area contributed by atoms with Crippen LogP contribution >= 0.6 is 11.6 Å². The normalized spacial score (nSPS) is 23.3. The molecule has 1 spiro atoms. The van der Waals surface area contributed by atoms with Gasteiger partial charge in [-0.1, -0.05) is 44.5 Å². The van der Waals surface area contributed by atoms with Crippen molar-refractivity contribution in [3.8, 4) is 5.75 Å². The number of carboxylic acids is 1. The number of rotatable bonds is 6. The molecule has 3 aromatic rings. The molecule has 1 saturated heterocycles. The van der Waals surface area contributed by atoms with Gasteiger partial charge in [-0.15, -0.1) is 0 Å². The van der Waals surface area contributed by atoms with E-state index >= 15 is 4.39 Å². The van der Waals surface area contributed by atoms with Gasteiger partial charge in [-0.25, -0.2) is 9.18 Å². The first kappa shape index (κ1) is 28.5. The standard InChI is InChI=1S/C30H30ClFN4O5/c1-29(2,3)14-21-30(25-19(35-28(30)40)9-6-12-33-25)22(16-7-5-8-17(31)23(16)32)24(36-21)26(37)34-18-11-10-15(27(38)39)13-20(18)41-4/h5-13,21-22,24,36H,14H2,1-4H3,(H,34,37)(H,35,40)(H,38,39)/t21-,22-,24+,30+/m0/s1. The molecular weight excluding hydrogens is 551 g/mol. The number of carbonyl (C=O) groups excluding carboxylic acids is 2. The van der Waals surface area contributed by atoms with Gasteiger partial charge in [0, 0.05) is 18.2 Å². The Morgan fingerprint density at radius 3 is 2.63 bits per heavy atom. The molecule has 41 heavy (non-hydrogen) atoms. The van der Waals surface area contributed by atoms with Crippen molar-refractivity contribution < 1.29 is 28.6 Å². The van der Waals surface area contributed by atoms with Gasteiger partial charge in [-0.2, -0.15) is 0 Å². The number of aromatic carboxylic acids is 1. The quantitative estimate of drug-likeness (QED) is 0.324. The van der Waals surface area contributed by atoms with E-state index in [0.29, 0.717) is 17.8 Å². The first-order chi connectivity index (χ1) is 19.4. The monoisotopic (exact) mass is 580 g/mol. The number of methoxy groups -OCH3 is 1. The number of ether oxygens (including phenoxy) is 1. The van der Waals surface area contributed by atoms with Crippen LogP contribution in [0.5, 0.6) is 5.75 Å². The molecular formula is C30H30ClFN4O5. The number of carboxylic acid groups (broad SMARTS) is 1. The minimum Gasteiger partial charge on any atom is -0.495 e. The van der Waals surface area contributed by atoms with Gasteiger partial charge in [0.15, 0.2) is 0 Å². The molecule has 0 radical (unpaired) electrons. The Morgan fingerprint density at radius 1 is 1.20 bits per heavy atom. The molecule has 0 bridgehead atoms. The molecule has 2 aliphatic heterocycles. The van der Waals surface area contributed by atoms with Crippen molar-refractivity contribution in [3.63, 3.8) is 0 Å². The van der Waals surface area contributed by atoms with Gasteiger partial charge >= 0.3 is 5.97 Å². The van der Waals surface area contributed by atoms with E-state index < -0.39 is 47.0 Å². The summed E-state index contributed by atoms with van der Waals surface area (Å²) in [5, 5.41) is 18.3. The molecule has 214 valence electrons. The fourth-order valence-corrected chi connectivity index (χ4v) is 6.27. The van der Waals surface area contributed by atoms with Gasteiger partial charge in [-0.05, 0) is 53.8 Å². The number of nitrogens with one attached hydrogen (secondary N) is 3. The number of nitrogens with zero attached hydrogens (tertiary/aromatic N) is 1. The maximum atomic E-state index is 15.8. The van der Waals surface area contributed by atoms with Crippen molar-refractivity contribution in [2.24, 2.45) is 5.41 Å². The molecule has 2 aromatic carbocycles. The minimum atomic E-state index is -1.45. The highest BCUT2D eigenvalue weighted by Crippen LogP contribution is 2.56. The van der Waals surface area contributed by atoms with E-state index in [1.807, 2.05) is 20.8 Å². The van der Waals surface area contributed by atoms with Crippen molar-refractivity contribution in [2.45, 2.75) is 50.6 Å². The van der Waals surface area contributed by atoms with Crippen molar-refractivity contribution in [1.29, 1.82) is 0 Å². The summed E-state index contributed by atoms with van der Waals surface area (Å²) in [5.41, 5.74) is -0.518. The van der Waals surface area contributed by atoms with Crippen LogP contribution in [-0.2, 0) is 15.0 Å². The average molecular weight is 581 g/mol. The molecule has 4 N–H and O–H groups in total. The third-order valence-electron chi connectivity index (χ3n) is 7.70.